The topological polar surface area (TPSA) is 53.2 Å². The van der Waals surface area contributed by atoms with E-state index in [1.165, 1.54) is 0 Å². The minimum Gasteiger partial charge on any atom is -0.391 e. The number of rotatable bonds is 4. The van der Waals surface area contributed by atoms with Crippen molar-refractivity contribution < 1.29 is 9.84 Å². The number of nitrogens with zero attached hydrogens (tertiary/aromatic N) is 1. The van der Waals surface area contributed by atoms with Gasteiger partial charge in [-0.05, 0) is 31.5 Å². The lowest BCUT2D eigenvalue weighted by atomic mass is 10.1. The number of hydrogen-bond acceptors (Lipinski definition) is 3. The molecule has 3 nitrogen and oxygen atoms in total. The summed E-state index contributed by atoms with van der Waals surface area (Å²) in [5.41, 5.74) is 0.697. The fraction of sp³-hybridized carbons (Fsp3) is 0.417. The van der Waals surface area contributed by atoms with Gasteiger partial charge >= 0.3 is 0 Å². The van der Waals surface area contributed by atoms with Gasteiger partial charge < -0.3 is 9.84 Å². The average molecular weight is 240 g/mol. The molecule has 0 bridgehead atoms. The van der Waals surface area contributed by atoms with Crippen LogP contribution in [0.4, 0.5) is 0 Å². The second-order valence-electron chi connectivity index (χ2n) is 3.65. The van der Waals surface area contributed by atoms with Crippen molar-refractivity contribution in [3.05, 3.63) is 34.9 Å². The summed E-state index contributed by atoms with van der Waals surface area (Å²) in [5, 5.41) is 18.9. The number of aliphatic hydroxyl groups is 1. The van der Waals surface area contributed by atoms with Crippen LogP contribution in [0.25, 0.3) is 0 Å². The van der Waals surface area contributed by atoms with E-state index in [9.17, 15) is 5.11 Å². The lowest BCUT2D eigenvalue weighted by molar-refractivity contribution is -0.0426. The first kappa shape index (κ1) is 13.0. The van der Waals surface area contributed by atoms with Gasteiger partial charge in [0, 0.05) is 5.02 Å². The van der Waals surface area contributed by atoms with E-state index in [1.54, 1.807) is 38.1 Å². The molecule has 0 aliphatic rings. The van der Waals surface area contributed by atoms with Gasteiger partial charge in [-0.15, -0.1) is 0 Å². The molecule has 0 spiro atoms. The van der Waals surface area contributed by atoms with Gasteiger partial charge in [-0.3, -0.25) is 0 Å². The number of hydrogen-bond donors (Lipinski definition) is 1. The van der Waals surface area contributed by atoms with Crippen LogP contribution in [0.5, 0.6) is 0 Å². The maximum absolute atomic E-state index is 9.31. The zero-order valence-electron chi connectivity index (χ0n) is 9.22. The number of halogens is 1. The fourth-order valence-electron chi connectivity index (χ4n) is 1.18. The molecule has 0 heterocycles. The molecule has 0 aliphatic carbocycles. The van der Waals surface area contributed by atoms with Gasteiger partial charge in [0.25, 0.3) is 0 Å². The molecular weight excluding hydrogens is 226 g/mol. The zero-order valence-corrected chi connectivity index (χ0v) is 9.98. The quantitative estimate of drug-likeness (QED) is 0.879. The standard InChI is InChI=1S/C12H14ClNO2/c1-8(15)9(2)16-12(7-14)10-4-3-5-11(13)6-10/h3-6,8-9,12,15H,1-2H3. The van der Waals surface area contributed by atoms with E-state index < -0.39 is 18.3 Å². The molecule has 0 saturated carbocycles. The predicted molar refractivity (Wildman–Crippen MR) is 62.0 cm³/mol. The Morgan fingerprint density at radius 3 is 2.62 bits per heavy atom. The van der Waals surface area contributed by atoms with Crippen molar-refractivity contribution in [3.63, 3.8) is 0 Å². The molecule has 0 radical (unpaired) electrons. The molecule has 1 N–H and O–H groups in total. The Bertz CT molecular complexity index is 387. The predicted octanol–water partition coefficient (Wildman–Crippen LogP) is 2.69. The molecule has 16 heavy (non-hydrogen) atoms. The first-order valence-electron chi connectivity index (χ1n) is 5.03. The molecule has 1 aromatic carbocycles. The number of ether oxygens (including phenoxy) is 1. The van der Waals surface area contributed by atoms with Crippen molar-refractivity contribution in [1.82, 2.24) is 0 Å². The number of benzene rings is 1. The first-order valence-corrected chi connectivity index (χ1v) is 5.41. The van der Waals surface area contributed by atoms with Gasteiger partial charge in [-0.25, -0.2) is 0 Å². The van der Waals surface area contributed by atoms with Gasteiger partial charge in [-0.2, -0.15) is 5.26 Å². The van der Waals surface area contributed by atoms with E-state index in [0.717, 1.165) is 0 Å². The SMILES string of the molecule is CC(O)C(C)OC(C#N)c1cccc(Cl)c1. The van der Waals surface area contributed by atoms with Crippen LogP contribution in [0.3, 0.4) is 0 Å². The van der Waals surface area contributed by atoms with Crippen LogP contribution in [0, 0.1) is 11.3 Å². The molecule has 1 rings (SSSR count). The van der Waals surface area contributed by atoms with E-state index in [2.05, 4.69) is 0 Å². The van der Waals surface area contributed by atoms with Gasteiger partial charge in [0.15, 0.2) is 6.10 Å². The molecular formula is C12H14ClNO2. The molecule has 0 saturated heterocycles. The van der Waals surface area contributed by atoms with Gasteiger partial charge in [-0.1, -0.05) is 23.7 Å². The number of nitriles is 1. The monoisotopic (exact) mass is 239 g/mol. The highest BCUT2D eigenvalue weighted by Crippen LogP contribution is 2.22. The lowest BCUT2D eigenvalue weighted by Gasteiger charge is -2.19. The highest BCUT2D eigenvalue weighted by molar-refractivity contribution is 6.30. The molecule has 0 aliphatic heterocycles. The molecule has 3 unspecified atom stereocenters. The Morgan fingerprint density at radius 2 is 2.12 bits per heavy atom. The smallest absolute Gasteiger partial charge is 0.169 e. The second kappa shape index (κ2) is 5.86. The molecule has 0 fully saturated rings. The first-order chi connectivity index (χ1) is 7.54. The largest absolute Gasteiger partial charge is 0.391 e. The van der Waals surface area contributed by atoms with E-state index in [1.807, 2.05) is 6.07 Å². The Labute approximate surface area is 100 Å². The summed E-state index contributed by atoms with van der Waals surface area (Å²) in [6, 6.07) is 8.99. The summed E-state index contributed by atoms with van der Waals surface area (Å²) < 4.78 is 5.43. The van der Waals surface area contributed by atoms with Crippen LogP contribution in [-0.4, -0.2) is 17.3 Å². The van der Waals surface area contributed by atoms with E-state index >= 15 is 0 Å². The Kier molecular flexibility index (Phi) is 4.75. The summed E-state index contributed by atoms with van der Waals surface area (Å²) in [7, 11) is 0. The summed E-state index contributed by atoms with van der Waals surface area (Å²) in [4.78, 5) is 0. The van der Waals surface area contributed by atoms with Crippen LogP contribution < -0.4 is 0 Å². The highest BCUT2D eigenvalue weighted by Gasteiger charge is 2.18. The van der Waals surface area contributed by atoms with Crippen molar-refractivity contribution in [2.75, 3.05) is 0 Å². The minimum atomic E-state index is -0.705. The fourth-order valence-corrected chi connectivity index (χ4v) is 1.38. The van der Waals surface area contributed by atoms with Gasteiger partial charge in [0.1, 0.15) is 0 Å². The second-order valence-corrected chi connectivity index (χ2v) is 4.08. The third-order valence-corrected chi connectivity index (χ3v) is 2.53. The normalized spacial score (nSPS) is 16.2. The van der Waals surface area contributed by atoms with Crippen molar-refractivity contribution in [2.45, 2.75) is 32.2 Å². The van der Waals surface area contributed by atoms with Crippen molar-refractivity contribution in [1.29, 1.82) is 5.26 Å². The van der Waals surface area contributed by atoms with Gasteiger partial charge in [0.05, 0.1) is 18.3 Å². The Balaban J connectivity index is 2.80. The van der Waals surface area contributed by atoms with Crippen molar-refractivity contribution >= 4 is 11.6 Å². The van der Waals surface area contributed by atoms with Crippen LogP contribution in [-0.2, 0) is 4.74 Å². The molecule has 86 valence electrons. The molecule has 0 aromatic heterocycles. The van der Waals surface area contributed by atoms with Crippen LogP contribution in [0.2, 0.25) is 5.02 Å². The highest BCUT2D eigenvalue weighted by atomic mass is 35.5. The summed E-state index contributed by atoms with van der Waals surface area (Å²) in [6.45, 7) is 3.34. The summed E-state index contributed by atoms with van der Waals surface area (Å²) in [5.74, 6) is 0. The summed E-state index contributed by atoms with van der Waals surface area (Å²) >= 11 is 5.83. The van der Waals surface area contributed by atoms with Crippen LogP contribution >= 0.6 is 11.6 Å². The lowest BCUT2D eigenvalue weighted by Crippen LogP contribution is -2.24. The van der Waals surface area contributed by atoms with E-state index in [-0.39, 0.29) is 0 Å². The minimum absolute atomic E-state index is 0.399. The molecule has 3 atom stereocenters. The summed E-state index contributed by atoms with van der Waals surface area (Å²) in [6.07, 6.45) is -1.72. The third-order valence-electron chi connectivity index (χ3n) is 2.30. The number of aliphatic hydroxyl groups excluding tert-OH is 1. The molecule has 0 amide bonds. The molecule has 4 heteroatoms. The molecule has 1 aromatic rings. The maximum Gasteiger partial charge on any atom is 0.169 e. The third kappa shape index (κ3) is 3.49. The van der Waals surface area contributed by atoms with Crippen LogP contribution in [0.15, 0.2) is 24.3 Å². The average Bonchev–Trinajstić information content (AvgIpc) is 2.25. The van der Waals surface area contributed by atoms with Gasteiger partial charge in [0.2, 0.25) is 0 Å². The van der Waals surface area contributed by atoms with E-state index in [0.29, 0.717) is 10.6 Å². The Morgan fingerprint density at radius 1 is 1.44 bits per heavy atom. The van der Waals surface area contributed by atoms with Crippen molar-refractivity contribution in [3.8, 4) is 6.07 Å². The van der Waals surface area contributed by atoms with E-state index in [4.69, 9.17) is 21.6 Å². The maximum atomic E-state index is 9.31. The van der Waals surface area contributed by atoms with Crippen molar-refractivity contribution in [2.24, 2.45) is 0 Å². The zero-order chi connectivity index (χ0) is 12.1. The van der Waals surface area contributed by atoms with Crippen LogP contribution in [0.1, 0.15) is 25.5 Å². The Hall–Kier alpha value is -1.08.